The number of imidazole rings is 1. The minimum Gasteiger partial charge on any atom is -0.504 e. The van der Waals surface area contributed by atoms with Crippen molar-refractivity contribution in [2.45, 2.75) is 19.9 Å². The highest BCUT2D eigenvalue weighted by molar-refractivity contribution is 6.06. The average molecular weight is 385 g/mol. The zero-order valence-electron chi connectivity index (χ0n) is 15.7. The highest BCUT2D eigenvalue weighted by atomic mass is 16.5. The van der Waals surface area contributed by atoms with Crippen LogP contribution in [0, 0.1) is 0 Å². The summed E-state index contributed by atoms with van der Waals surface area (Å²) in [5.41, 5.74) is 1.09. The van der Waals surface area contributed by atoms with Crippen LogP contribution in [-0.4, -0.2) is 41.6 Å². The lowest BCUT2D eigenvalue weighted by Gasteiger charge is -2.12. The third-order valence-corrected chi connectivity index (χ3v) is 4.77. The largest absolute Gasteiger partial charge is 0.504 e. The molecule has 4 N–H and O–H groups in total. The molecule has 0 atom stereocenters. The van der Waals surface area contributed by atoms with Crippen molar-refractivity contribution < 1.29 is 14.9 Å². The number of ether oxygens (including phenoxy) is 1. The van der Waals surface area contributed by atoms with Gasteiger partial charge in [-0.3, -0.25) is 24.1 Å². The number of benzene rings is 1. The maximum Gasteiger partial charge on any atom is 0.327 e. The molecule has 0 radical (unpaired) electrons. The number of hydrogen-bond acceptors (Lipinski definition) is 6. The van der Waals surface area contributed by atoms with Gasteiger partial charge in [-0.15, -0.1) is 0 Å². The Morgan fingerprint density at radius 2 is 1.93 bits per heavy atom. The number of nitrogens with zero attached hydrogens (tertiary/aromatic N) is 3. The van der Waals surface area contributed by atoms with Crippen molar-refractivity contribution in [2.75, 3.05) is 7.11 Å². The van der Waals surface area contributed by atoms with Crippen LogP contribution >= 0.6 is 0 Å². The number of methoxy groups -OCH3 is 1. The van der Waals surface area contributed by atoms with E-state index < -0.39 is 11.5 Å². The fraction of sp³-hybridized carbons (Fsp3) is 0.278. The molecule has 4 aromatic rings. The fourth-order valence-electron chi connectivity index (χ4n) is 3.42. The summed E-state index contributed by atoms with van der Waals surface area (Å²) < 4.78 is 8.09. The Morgan fingerprint density at radius 3 is 2.57 bits per heavy atom. The number of hydrogen-bond donors (Lipinski definition) is 4. The van der Waals surface area contributed by atoms with Gasteiger partial charge in [0.15, 0.2) is 22.8 Å². The van der Waals surface area contributed by atoms with Crippen molar-refractivity contribution in [3.05, 3.63) is 33.0 Å². The maximum atomic E-state index is 12.8. The van der Waals surface area contributed by atoms with Gasteiger partial charge in [0.25, 0.3) is 5.56 Å². The summed E-state index contributed by atoms with van der Waals surface area (Å²) in [6, 6.07) is 2.73. The van der Waals surface area contributed by atoms with Crippen LogP contribution in [0.1, 0.15) is 19.9 Å². The summed E-state index contributed by atoms with van der Waals surface area (Å²) in [5, 5.41) is 23.1. The Bertz CT molecular complexity index is 1360. The molecule has 0 aliphatic carbocycles. The average Bonchev–Trinajstić information content (AvgIpc) is 3.12. The van der Waals surface area contributed by atoms with Crippen LogP contribution in [0.4, 0.5) is 0 Å². The highest BCUT2D eigenvalue weighted by Crippen LogP contribution is 2.42. The lowest BCUT2D eigenvalue weighted by Crippen LogP contribution is -2.12. The Balaban J connectivity index is 2.27. The van der Waals surface area contributed by atoms with Crippen molar-refractivity contribution in [1.82, 2.24) is 24.3 Å². The van der Waals surface area contributed by atoms with Crippen molar-refractivity contribution in [3.8, 4) is 28.4 Å². The number of aromatic hydroxyl groups is 2. The van der Waals surface area contributed by atoms with Crippen molar-refractivity contribution in [1.29, 1.82) is 0 Å². The summed E-state index contributed by atoms with van der Waals surface area (Å²) in [7, 11) is 2.91. The van der Waals surface area contributed by atoms with Crippen molar-refractivity contribution >= 4 is 22.2 Å². The maximum absolute atomic E-state index is 12.8. The number of aromatic nitrogens is 5. The minimum absolute atomic E-state index is 0.0355. The molecular weight excluding hydrogens is 366 g/mol. The van der Waals surface area contributed by atoms with E-state index in [4.69, 9.17) is 4.74 Å². The van der Waals surface area contributed by atoms with E-state index in [9.17, 15) is 19.8 Å². The van der Waals surface area contributed by atoms with E-state index in [2.05, 4.69) is 15.1 Å². The van der Waals surface area contributed by atoms with E-state index in [1.165, 1.54) is 23.8 Å². The normalized spacial score (nSPS) is 11.8. The van der Waals surface area contributed by atoms with Gasteiger partial charge in [0.2, 0.25) is 5.75 Å². The molecule has 0 saturated heterocycles. The van der Waals surface area contributed by atoms with Gasteiger partial charge in [0.1, 0.15) is 0 Å². The first-order valence-corrected chi connectivity index (χ1v) is 8.57. The number of phenols is 2. The third kappa shape index (κ3) is 2.30. The summed E-state index contributed by atoms with van der Waals surface area (Å²) in [5.74, 6) is -0.787. The quantitative estimate of drug-likeness (QED) is 0.395. The molecule has 4 rings (SSSR count). The first-order valence-electron chi connectivity index (χ1n) is 8.57. The van der Waals surface area contributed by atoms with Crippen LogP contribution in [0.2, 0.25) is 0 Å². The van der Waals surface area contributed by atoms with Gasteiger partial charge in [-0.1, -0.05) is 0 Å². The molecule has 0 amide bonds. The van der Waals surface area contributed by atoms with Gasteiger partial charge in [0.05, 0.1) is 18.0 Å². The fourth-order valence-corrected chi connectivity index (χ4v) is 3.42. The number of aromatic amines is 2. The summed E-state index contributed by atoms with van der Waals surface area (Å²) in [4.78, 5) is 32.2. The number of fused-ring (bicyclic) bond motifs is 2. The van der Waals surface area contributed by atoms with E-state index in [0.29, 0.717) is 27.9 Å². The van der Waals surface area contributed by atoms with E-state index in [-0.39, 0.29) is 28.4 Å². The van der Waals surface area contributed by atoms with Crippen LogP contribution in [0.15, 0.2) is 21.7 Å². The molecule has 10 heteroatoms. The second kappa shape index (κ2) is 5.91. The van der Waals surface area contributed by atoms with E-state index in [0.717, 1.165) is 0 Å². The smallest absolute Gasteiger partial charge is 0.327 e. The number of pyridine rings is 1. The zero-order valence-corrected chi connectivity index (χ0v) is 15.7. The van der Waals surface area contributed by atoms with Crippen LogP contribution in [0.3, 0.4) is 0 Å². The lowest BCUT2D eigenvalue weighted by molar-refractivity contribution is 0.351. The minimum atomic E-state index is -0.413. The lowest BCUT2D eigenvalue weighted by atomic mass is 10.0. The molecule has 3 aromatic heterocycles. The standard InChI is InChI=1S/C18H19N5O5/c1-7(2)23-16-12(17(26)21-23)11(13-15(19-16)20-18(27)22(13)3)8-5-9(24)14(25)10(6-8)28-4/h5-7,24-25H,1-4H3,(H,21,26)(H,19,20,27). The Hall–Kier alpha value is -3.69. The van der Waals surface area contributed by atoms with Gasteiger partial charge in [-0.05, 0) is 31.5 Å². The summed E-state index contributed by atoms with van der Waals surface area (Å²) in [6.07, 6.45) is 0. The number of nitrogens with one attached hydrogen (secondary N) is 2. The van der Waals surface area contributed by atoms with Gasteiger partial charge < -0.3 is 14.9 Å². The Morgan fingerprint density at radius 1 is 1.21 bits per heavy atom. The monoisotopic (exact) mass is 385 g/mol. The second-order valence-corrected chi connectivity index (χ2v) is 6.82. The number of H-pyrrole nitrogens is 2. The van der Waals surface area contributed by atoms with Crippen molar-refractivity contribution in [3.63, 3.8) is 0 Å². The van der Waals surface area contributed by atoms with Gasteiger partial charge in [-0.2, -0.15) is 0 Å². The summed E-state index contributed by atoms with van der Waals surface area (Å²) >= 11 is 0. The molecule has 0 unspecified atom stereocenters. The molecule has 0 fully saturated rings. The Labute approximate surface area is 157 Å². The van der Waals surface area contributed by atoms with E-state index in [1.807, 2.05) is 13.8 Å². The zero-order chi connectivity index (χ0) is 20.3. The highest BCUT2D eigenvalue weighted by Gasteiger charge is 2.24. The molecule has 0 saturated carbocycles. The molecule has 0 spiro atoms. The first-order chi connectivity index (χ1) is 13.2. The molecule has 0 aliphatic rings. The molecule has 3 heterocycles. The number of aryl methyl sites for hydroxylation is 1. The molecule has 28 heavy (non-hydrogen) atoms. The predicted molar refractivity (Wildman–Crippen MR) is 103 cm³/mol. The second-order valence-electron chi connectivity index (χ2n) is 6.82. The van der Waals surface area contributed by atoms with E-state index >= 15 is 0 Å². The van der Waals surface area contributed by atoms with Gasteiger partial charge in [-0.25, -0.2) is 9.78 Å². The SMILES string of the molecule is COc1cc(-c2c3c(=O)[nH]n(C(C)C)c3nc3[nH]c(=O)n(C)c23)cc(O)c1O. The van der Waals surface area contributed by atoms with Crippen LogP contribution < -0.4 is 16.0 Å². The predicted octanol–water partition coefficient (Wildman–Crippen LogP) is 1.57. The third-order valence-electron chi connectivity index (χ3n) is 4.77. The van der Waals surface area contributed by atoms with Gasteiger partial charge in [0, 0.05) is 18.7 Å². The van der Waals surface area contributed by atoms with Crippen LogP contribution in [0.5, 0.6) is 17.2 Å². The topological polar surface area (TPSA) is 138 Å². The molecule has 146 valence electrons. The summed E-state index contributed by atoms with van der Waals surface area (Å²) in [6.45, 7) is 3.79. The molecule has 0 bridgehead atoms. The van der Waals surface area contributed by atoms with Crippen LogP contribution in [0.25, 0.3) is 33.3 Å². The number of rotatable bonds is 3. The van der Waals surface area contributed by atoms with E-state index in [1.54, 1.807) is 11.7 Å². The number of phenolic OH excluding ortho intramolecular Hbond substituents is 2. The Kier molecular flexibility index (Phi) is 3.74. The van der Waals surface area contributed by atoms with Crippen molar-refractivity contribution in [2.24, 2.45) is 7.05 Å². The van der Waals surface area contributed by atoms with Gasteiger partial charge >= 0.3 is 5.69 Å². The molecular formula is C18H19N5O5. The molecule has 1 aromatic carbocycles. The molecule has 10 nitrogen and oxygen atoms in total. The molecule has 0 aliphatic heterocycles. The first kappa shape index (κ1) is 17.7. The van der Waals surface area contributed by atoms with Crippen LogP contribution in [-0.2, 0) is 7.05 Å².